The van der Waals surface area contributed by atoms with Crippen LogP contribution in [0.1, 0.15) is 43.2 Å². The molecule has 1 aromatic carbocycles. The van der Waals surface area contributed by atoms with Gasteiger partial charge in [-0.25, -0.2) is 8.42 Å². The molecule has 0 saturated carbocycles. The van der Waals surface area contributed by atoms with Crippen molar-refractivity contribution in [2.24, 2.45) is 0 Å². The zero-order valence-corrected chi connectivity index (χ0v) is 16.7. The Morgan fingerprint density at radius 3 is 2.42 bits per heavy atom. The van der Waals surface area contributed by atoms with Gasteiger partial charge in [0, 0.05) is 25.8 Å². The van der Waals surface area contributed by atoms with E-state index in [0.717, 1.165) is 50.0 Å². The van der Waals surface area contributed by atoms with Crippen molar-refractivity contribution in [1.29, 1.82) is 0 Å². The molecule has 146 valence electrons. The van der Waals surface area contributed by atoms with Crippen LogP contribution in [0.4, 0.5) is 0 Å². The Morgan fingerprint density at radius 2 is 1.77 bits per heavy atom. The summed E-state index contributed by atoms with van der Waals surface area (Å²) in [4.78, 5) is 2.45. The van der Waals surface area contributed by atoms with Gasteiger partial charge in [-0.05, 0) is 64.2 Å². The molecule has 0 spiro atoms. The molecule has 0 radical (unpaired) electrons. The molecule has 2 aliphatic heterocycles. The molecule has 2 aliphatic rings. The van der Waals surface area contributed by atoms with Crippen LogP contribution in [-0.4, -0.2) is 63.1 Å². The van der Waals surface area contributed by atoms with Crippen molar-refractivity contribution in [2.45, 2.75) is 50.8 Å². The molecule has 0 bridgehead atoms. The van der Waals surface area contributed by atoms with Gasteiger partial charge in [-0.1, -0.05) is 29.8 Å². The Hall–Kier alpha value is -0.950. The lowest BCUT2D eigenvalue weighted by Gasteiger charge is -2.34. The molecular formula is C20H32N2O3S. The Balaban J connectivity index is 1.66. The first kappa shape index (κ1) is 19.8. The first-order valence-corrected chi connectivity index (χ1v) is 11.5. The average molecular weight is 381 g/mol. The fourth-order valence-electron chi connectivity index (χ4n) is 3.96. The van der Waals surface area contributed by atoms with Crippen molar-refractivity contribution in [1.82, 2.24) is 9.21 Å². The van der Waals surface area contributed by atoms with E-state index in [2.05, 4.69) is 4.90 Å². The van der Waals surface area contributed by atoms with Gasteiger partial charge in [-0.3, -0.25) is 0 Å². The van der Waals surface area contributed by atoms with E-state index in [1.54, 1.807) is 4.31 Å². The first-order valence-electron chi connectivity index (χ1n) is 9.90. The topological polar surface area (TPSA) is 49.9 Å². The minimum absolute atomic E-state index is 0.0813. The maximum absolute atomic E-state index is 13.2. The number of nitrogens with zero attached hydrogens (tertiary/aromatic N) is 2. The summed E-state index contributed by atoms with van der Waals surface area (Å²) in [5.41, 5.74) is 2.02. The summed E-state index contributed by atoms with van der Waals surface area (Å²) in [6, 6.07) is 7.91. The molecule has 3 rings (SSSR count). The molecule has 2 saturated heterocycles. The van der Waals surface area contributed by atoms with E-state index in [9.17, 15) is 8.42 Å². The maximum Gasteiger partial charge on any atom is 0.218 e. The van der Waals surface area contributed by atoms with Crippen molar-refractivity contribution in [2.75, 3.05) is 39.4 Å². The minimum atomic E-state index is -3.32. The molecule has 0 amide bonds. The number of likely N-dealkylation sites (tertiary alicyclic amines) is 1. The largest absolute Gasteiger partial charge is 0.381 e. The lowest BCUT2D eigenvalue weighted by molar-refractivity contribution is 0.0577. The van der Waals surface area contributed by atoms with Crippen LogP contribution in [0.15, 0.2) is 24.3 Å². The van der Waals surface area contributed by atoms with Crippen molar-refractivity contribution in [3.05, 3.63) is 35.4 Å². The predicted molar refractivity (Wildman–Crippen MR) is 105 cm³/mol. The van der Waals surface area contributed by atoms with Crippen LogP contribution in [0.25, 0.3) is 0 Å². The molecule has 0 unspecified atom stereocenters. The van der Waals surface area contributed by atoms with Gasteiger partial charge >= 0.3 is 0 Å². The van der Waals surface area contributed by atoms with E-state index < -0.39 is 10.0 Å². The van der Waals surface area contributed by atoms with Crippen molar-refractivity contribution in [3.63, 3.8) is 0 Å². The van der Waals surface area contributed by atoms with Crippen molar-refractivity contribution in [3.8, 4) is 0 Å². The van der Waals surface area contributed by atoms with Gasteiger partial charge < -0.3 is 9.64 Å². The average Bonchev–Trinajstić information content (AvgIpc) is 3.14. The van der Waals surface area contributed by atoms with Crippen LogP contribution >= 0.6 is 0 Å². The Labute approximate surface area is 158 Å². The van der Waals surface area contributed by atoms with Crippen LogP contribution in [-0.2, 0) is 20.5 Å². The quantitative estimate of drug-likeness (QED) is 0.696. The Bertz CT molecular complexity index is 648. The molecular weight excluding hydrogens is 348 g/mol. The summed E-state index contributed by atoms with van der Waals surface area (Å²) >= 11 is 0. The molecule has 5 nitrogen and oxygen atoms in total. The summed E-state index contributed by atoms with van der Waals surface area (Å²) in [5.74, 6) is 0.0916. The zero-order valence-electron chi connectivity index (χ0n) is 15.9. The molecule has 26 heavy (non-hydrogen) atoms. The standard InChI is InChI=1S/C20H32N2O3S/c1-18-5-7-19(8-6-18)17-26(23,24)22(20-9-15-25-16-10-20)14-4-13-21-11-2-3-12-21/h5-8,20H,2-4,9-17H2,1H3. The Kier molecular flexibility index (Phi) is 7.09. The number of hydrogen-bond acceptors (Lipinski definition) is 4. The van der Waals surface area contributed by atoms with E-state index in [1.165, 1.54) is 12.8 Å². The van der Waals surface area contributed by atoms with Gasteiger partial charge in [-0.15, -0.1) is 0 Å². The van der Waals surface area contributed by atoms with Crippen LogP contribution in [0, 0.1) is 6.92 Å². The van der Waals surface area contributed by atoms with Gasteiger partial charge in [0.2, 0.25) is 10.0 Å². The third-order valence-corrected chi connectivity index (χ3v) is 7.37. The van der Waals surface area contributed by atoms with E-state index in [4.69, 9.17) is 4.74 Å². The molecule has 0 N–H and O–H groups in total. The highest BCUT2D eigenvalue weighted by atomic mass is 32.2. The fourth-order valence-corrected chi connectivity index (χ4v) is 5.81. The third-order valence-electron chi connectivity index (χ3n) is 5.48. The lowest BCUT2D eigenvalue weighted by Crippen LogP contribution is -2.45. The monoisotopic (exact) mass is 380 g/mol. The van der Waals surface area contributed by atoms with E-state index >= 15 is 0 Å². The van der Waals surface area contributed by atoms with Gasteiger partial charge in [0.25, 0.3) is 0 Å². The molecule has 2 fully saturated rings. The van der Waals surface area contributed by atoms with E-state index in [1.807, 2.05) is 31.2 Å². The Morgan fingerprint density at radius 1 is 1.12 bits per heavy atom. The van der Waals surface area contributed by atoms with Crippen molar-refractivity contribution >= 4 is 10.0 Å². The normalized spacial score (nSPS) is 20.1. The van der Waals surface area contributed by atoms with Gasteiger partial charge in [-0.2, -0.15) is 4.31 Å². The highest BCUT2D eigenvalue weighted by Crippen LogP contribution is 2.22. The highest BCUT2D eigenvalue weighted by Gasteiger charge is 2.31. The summed E-state index contributed by atoms with van der Waals surface area (Å²) in [5, 5.41) is 0. The van der Waals surface area contributed by atoms with E-state index in [-0.39, 0.29) is 11.8 Å². The van der Waals surface area contributed by atoms with Crippen molar-refractivity contribution < 1.29 is 13.2 Å². The summed E-state index contributed by atoms with van der Waals surface area (Å²) in [6.07, 6.45) is 5.06. The molecule has 0 aromatic heterocycles. The van der Waals surface area contributed by atoms with Crippen LogP contribution in [0.2, 0.25) is 0 Å². The number of rotatable bonds is 8. The number of benzene rings is 1. The van der Waals surface area contributed by atoms with Crippen LogP contribution < -0.4 is 0 Å². The van der Waals surface area contributed by atoms with Gasteiger partial charge in [0.15, 0.2) is 0 Å². The molecule has 2 heterocycles. The van der Waals surface area contributed by atoms with Crippen LogP contribution in [0.5, 0.6) is 0 Å². The maximum atomic E-state index is 13.2. The van der Waals surface area contributed by atoms with Gasteiger partial charge in [0.1, 0.15) is 0 Å². The zero-order chi connectivity index (χ0) is 18.4. The smallest absolute Gasteiger partial charge is 0.218 e. The van der Waals surface area contributed by atoms with Gasteiger partial charge in [0.05, 0.1) is 5.75 Å². The molecule has 6 heteroatoms. The lowest BCUT2D eigenvalue weighted by atomic mass is 10.1. The minimum Gasteiger partial charge on any atom is -0.381 e. The number of aryl methyl sites for hydroxylation is 1. The summed E-state index contributed by atoms with van der Waals surface area (Å²) < 4.78 is 33.6. The second-order valence-electron chi connectivity index (χ2n) is 7.60. The van der Waals surface area contributed by atoms with E-state index in [0.29, 0.717) is 19.8 Å². The molecule has 0 atom stereocenters. The summed E-state index contributed by atoms with van der Waals surface area (Å²) in [6.45, 7) is 7.28. The number of hydrogen-bond donors (Lipinski definition) is 0. The first-order chi connectivity index (χ1) is 12.5. The molecule has 0 aliphatic carbocycles. The number of ether oxygens (including phenoxy) is 1. The second kappa shape index (κ2) is 9.31. The fraction of sp³-hybridized carbons (Fsp3) is 0.700. The SMILES string of the molecule is Cc1ccc(CS(=O)(=O)N(CCCN2CCCC2)C2CCOCC2)cc1. The number of sulfonamides is 1. The highest BCUT2D eigenvalue weighted by molar-refractivity contribution is 7.88. The predicted octanol–water partition coefficient (Wildman–Crippen LogP) is 2.79. The summed E-state index contributed by atoms with van der Waals surface area (Å²) in [7, 11) is -3.32. The third kappa shape index (κ3) is 5.52. The second-order valence-corrected chi connectivity index (χ2v) is 9.52. The molecule has 1 aromatic rings. The van der Waals surface area contributed by atoms with Crippen LogP contribution in [0.3, 0.4) is 0 Å².